The number of aromatic nitrogens is 1. The van der Waals surface area contributed by atoms with Crippen LogP contribution in [-0.4, -0.2) is 21.6 Å². The molecule has 0 fully saturated rings. The minimum Gasteiger partial charge on any atom is -0.387 e. The second-order valence-electron chi connectivity index (χ2n) is 5.12. The molecular weight excluding hydrogens is 327 g/mol. The number of benzene rings is 1. The third-order valence-corrected chi connectivity index (χ3v) is 3.29. The van der Waals surface area contributed by atoms with Gasteiger partial charge in [-0.3, -0.25) is 10.1 Å². The van der Waals surface area contributed by atoms with Crippen LogP contribution in [0.15, 0.2) is 36.5 Å². The van der Waals surface area contributed by atoms with Crippen LogP contribution < -0.4 is 5.32 Å². The molecule has 0 saturated carbocycles. The van der Waals surface area contributed by atoms with Gasteiger partial charge in [-0.1, -0.05) is 18.2 Å². The van der Waals surface area contributed by atoms with E-state index >= 15 is 0 Å². The number of aliphatic hydroxyl groups excluding tert-OH is 1. The van der Waals surface area contributed by atoms with Crippen LogP contribution in [0.3, 0.4) is 0 Å². The van der Waals surface area contributed by atoms with E-state index in [0.717, 1.165) is 12.1 Å². The molecule has 1 heterocycles. The van der Waals surface area contributed by atoms with Crippen molar-refractivity contribution in [2.24, 2.45) is 0 Å². The SMILES string of the molecule is Cc1cnc(NC[C@@H](O)c2ccccc2C(F)(F)F)c([N+](=O)[O-])c1. The number of aryl methyl sites for hydroxylation is 1. The standard InChI is InChI=1S/C15H14F3N3O3/c1-9-6-12(21(23)24)14(19-7-9)20-8-13(22)10-4-2-3-5-11(10)15(16,17)18/h2-7,13,22H,8H2,1H3,(H,19,20)/t13-/m1/s1. The molecule has 0 amide bonds. The van der Waals surface area contributed by atoms with E-state index in [2.05, 4.69) is 10.3 Å². The van der Waals surface area contributed by atoms with Crippen molar-refractivity contribution in [1.29, 1.82) is 0 Å². The average molecular weight is 341 g/mol. The zero-order valence-electron chi connectivity index (χ0n) is 12.5. The summed E-state index contributed by atoms with van der Waals surface area (Å²) in [6, 6.07) is 5.90. The fourth-order valence-electron chi connectivity index (χ4n) is 2.18. The fraction of sp³-hybridized carbons (Fsp3) is 0.267. The van der Waals surface area contributed by atoms with Crippen LogP contribution in [0.25, 0.3) is 0 Å². The Morgan fingerprint density at radius 1 is 1.38 bits per heavy atom. The van der Waals surface area contributed by atoms with Crippen LogP contribution in [-0.2, 0) is 6.18 Å². The number of hydrogen-bond donors (Lipinski definition) is 2. The van der Waals surface area contributed by atoms with E-state index in [4.69, 9.17) is 0 Å². The summed E-state index contributed by atoms with van der Waals surface area (Å²) < 4.78 is 38.9. The van der Waals surface area contributed by atoms with Gasteiger partial charge in [-0.05, 0) is 24.1 Å². The van der Waals surface area contributed by atoms with Crippen LogP contribution >= 0.6 is 0 Å². The summed E-state index contributed by atoms with van der Waals surface area (Å²) in [5.74, 6) is -0.117. The maximum Gasteiger partial charge on any atom is 0.416 e. The monoisotopic (exact) mass is 341 g/mol. The Morgan fingerprint density at radius 3 is 2.67 bits per heavy atom. The first-order valence-electron chi connectivity index (χ1n) is 6.89. The maximum atomic E-state index is 13.0. The molecule has 0 aliphatic carbocycles. The number of alkyl halides is 3. The van der Waals surface area contributed by atoms with Gasteiger partial charge >= 0.3 is 11.9 Å². The number of aliphatic hydroxyl groups is 1. The molecule has 0 bridgehead atoms. The number of rotatable bonds is 5. The molecular formula is C15H14F3N3O3. The molecule has 1 aromatic heterocycles. The summed E-state index contributed by atoms with van der Waals surface area (Å²) >= 11 is 0. The summed E-state index contributed by atoms with van der Waals surface area (Å²) in [5.41, 5.74) is -1.01. The first-order valence-corrected chi connectivity index (χ1v) is 6.89. The lowest BCUT2D eigenvalue weighted by molar-refractivity contribution is -0.384. The minimum atomic E-state index is -4.61. The molecule has 2 aromatic rings. The predicted octanol–water partition coefficient (Wildman–Crippen LogP) is 3.46. The van der Waals surface area contributed by atoms with E-state index in [1.807, 2.05) is 0 Å². The van der Waals surface area contributed by atoms with Gasteiger partial charge in [-0.25, -0.2) is 4.98 Å². The molecule has 24 heavy (non-hydrogen) atoms. The van der Waals surface area contributed by atoms with Gasteiger partial charge < -0.3 is 10.4 Å². The van der Waals surface area contributed by atoms with Crippen molar-refractivity contribution in [1.82, 2.24) is 4.98 Å². The van der Waals surface area contributed by atoms with Crippen molar-refractivity contribution in [2.45, 2.75) is 19.2 Å². The number of nitrogens with one attached hydrogen (secondary N) is 1. The Bertz CT molecular complexity index is 750. The molecule has 0 radical (unpaired) electrons. The summed E-state index contributed by atoms with van der Waals surface area (Å²) in [7, 11) is 0. The van der Waals surface area contributed by atoms with Crippen LogP contribution in [0, 0.1) is 17.0 Å². The third-order valence-electron chi connectivity index (χ3n) is 3.29. The van der Waals surface area contributed by atoms with Crippen LogP contribution in [0.4, 0.5) is 24.7 Å². The average Bonchev–Trinajstić information content (AvgIpc) is 2.52. The van der Waals surface area contributed by atoms with Crippen molar-refractivity contribution in [3.05, 3.63) is 63.3 Å². The Morgan fingerprint density at radius 2 is 2.04 bits per heavy atom. The van der Waals surface area contributed by atoms with Gasteiger partial charge in [0.15, 0.2) is 0 Å². The second kappa shape index (κ2) is 6.83. The molecule has 0 aliphatic heterocycles. The van der Waals surface area contributed by atoms with E-state index in [9.17, 15) is 28.4 Å². The van der Waals surface area contributed by atoms with E-state index < -0.39 is 22.8 Å². The predicted molar refractivity (Wildman–Crippen MR) is 80.5 cm³/mol. The number of nitrogens with zero attached hydrogens (tertiary/aromatic N) is 2. The van der Waals surface area contributed by atoms with Crippen molar-refractivity contribution < 1.29 is 23.2 Å². The molecule has 0 saturated heterocycles. The van der Waals surface area contributed by atoms with Crippen LogP contribution in [0.2, 0.25) is 0 Å². The molecule has 128 valence electrons. The van der Waals surface area contributed by atoms with Crippen molar-refractivity contribution in [3.8, 4) is 0 Å². The van der Waals surface area contributed by atoms with Crippen molar-refractivity contribution in [2.75, 3.05) is 11.9 Å². The first kappa shape index (κ1) is 17.7. The Labute approximate surface area is 135 Å². The van der Waals surface area contributed by atoms with Crippen molar-refractivity contribution in [3.63, 3.8) is 0 Å². The number of halogens is 3. The largest absolute Gasteiger partial charge is 0.416 e. The van der Waals surface area contributed by atoms with Crippen molar-refractivity contribution >= 4 is 11.5 Å². The highest BCUT2D eigenvalue weighted by molar-refractivity contribution is 5.56. The summed E-state index contributed by atoms with van der Waals surface area (Å²) in [6.07, 6.45) is -4.73. The minimum absolute atomic E-state index is 0.117. The molecule has 0 spiro atoms. The molecule has 6 nitrogen and oxygen atoms in total. The first-order chi connectivity index (χ1) is 11.2. The lowest BCUT2D eigenvalue weighted by Crippen LogP contribution is -2.18. The van der Waals surface area contributed by atoms with Gasteiger partial charge in [-0.2, -0.15) is 13.2 Å². The molecule has 0 unspecified atom stereocenters. The van der Waals surface area contributed by atoms with Gasteiger partial charge in [0.1, 0.15) is 0 Å². The zero-order valence-corrected chi connectivity index (χ0v) is 12.5. The van der Waals surface area contributed by atoms with Gasteiger partial charge in [0, 0.05) is 18.8 Å². The van der Waals surface area contributed by atoms with Gasteiger partial charge in [0.25, 0.3) is 0 Å². The fourth-order valence-corrected chi connectivity index (χ4v) is 2.18. The Hall–Kier alpha value is -2.68. The lowest BCUT2D eigenvalue weighted by atomic mass is 10.0. The summed E-state index contributed by atoms with van der Waals surface area (Å²) in [6.45, 7) is 1.27. The van der Waals surface area contributed by atoms with E-state index in [0.29, 0.717) is 5.56 Å². The topological polar surface area (TPSA) is 88.3 Å². The Balaban J connectivity index is 2.21. The number of hydrogen-bond acceptors (Lipinski definition) is 5. The molecule has 9 heteroatoms. The van der Waals surface area contributed by atoms with E-state index in [1.165, 1.54) is 24.4 Å². The quantitative estimate of drug-likeness (QED) is 0.642. The van der Waals surface area contributed by atoms with Gasteiger partial charge in [0.2, 0.25) is 5.82 Å². The number of nitro groups is 1. The highest BCUT2D eigenvalue weighted by atomic mass is 19.4. The molecule has 0 aliphatic rings. The highest BCUT2D eigenvalue weighted by Crippen LogP contribution is 2.34. The molecule has 1 atom stereocenters. The van der Waals surface area contributed by atoms with Crippen LogP contribution in [0.5, 0.6) is 0 Å². The molecule has 2 rings (SSSR count). The smallest absolute Gasteiger partial charge is 0.387 e. The highest BCUT2D eigenvalue weighted by Gasteiger charge is 2.34. The second-order valence-corrected chi connectivity index (χ2v) is 5.12. The van der Waals surface area contributed by atoms with E-state index in [1.54, 1.807) is 6.92 Å². The Kier molecular flexibility index (Phi) is 5.03. The zero-order chi connectivity index (χ0) is 17.9. The maximum absolute atomic E-state index is 13.0. The van der Waals surface area contributed by atoms with Crippen LogP contribution in [0.1, 0.15) is 22.8 Å². The number of anilines is 1. The normalized spacial score (nSPS) is 12.7. The van der Waals surface area contributed by atoms with Gasteiger partial charge in [-0.15, -0.1) is 0 Å². The molecule has 2 N–H and O–H groups in total. The summed E-state index contributed by atoms with van der Waals surface area (Å²) in [4.78, 5) is 14.2. The summed E-state index contributed by atoms with van der Waals surface area (Å²) in [5, 5.41) is 23.6. The van der Waals surface area contributed by atoms with E-state index in [-0.39, 0.29) is 23.6 Å². The lowest BCUT2D eigenvalue weighted by Gasteiger charge is -2.18. The number of pyridine rings is 1. The third kappa shape index (κ3) is 3.99. The molecule has 1 aromatic carbocycles. The van der Waals surface area contributed by atoms with Gasteiger partial charge in [0.05, 0.1) is 16.6 Å².